The molecule has 1 aromatic carbocycles. The molecule has 1 aliphatic carbocycles. The molecule has 112 valence electrons. The van der Waals surface area contributed by atoms with Gasteiger partial charge in [-0.05, 0) is 37.5 Å². The van der Waals surface area contributed by atoms with E-state index in [0.29, 0.717) is 0 Å². The zero-order valence-electron chi connectivity index (χ0n) is 12.6. The fraction of sp³-hybridized carbons (Fsp3) is 0.529. The third kappa shape index (κ3) is 3.09. The van der Waals surface area contributed by atoms with Crippen molar-refractivity contribution in [2.75, 3.05) is 5.32 Å². The number of benzene rings is 1. The maximum absolute atomic E-state index is 12.3. The minimum Gasteiger partial charge on any atom is -0.331 e. The van der Waals surface area contributed by atoms with Gasteiger partial charge in [0.1, 0.15) is 0 Å². The first-order valence-electron chi connectivity index (χ1n) is 8.03. The molecule has 1 saturated carbocycles. The number of carbonyl (C=O) groups is 1. The van der Waals surface area contributed by atoms with Crippen LogP contribution in [0, 0.1) is 5.92 Å². The van der Waals surface area contributed by atoms with Crippen LogP contribution >= 0.6 is 0 Å². The van der Waals surface area contributed by atoms with Gasteiger partial charge in [-0.25, -0.2) is 4.98 Å². The van der Waals surface area contributed by atoms with Crippen LogP contribution < -0.4 is 5.32 Å². The Morgan fingerprint density at radius 3 is 2.90 bits per heavy atom. The lowest BCUT2D eigenvalue weighted by Gasteiger charge is -2.20. The molecule has 1 N–H and O–H groups in total. The molecule has 21 heavy (non-hydrogen) atoms. The van der Waals surface area contributed by atoms with Gasteiger partial charge in [-0.15, -0.1) is 0 Å². The number of rotatable bonds is 4. The molecule has 0 unspecified atom stereocenters. The molecule has 0 radical (unpaired) electrons. The number of aromatic nitrogens is 2. The van der Waals surface area contributed by atoms with E-state index in [2.05, 4.69) is 27.9 Å². The summed E-state index contributed by atoms with van der Waals surface area (Å²) in [5, 5.41) is 3.06. The Balaban J connectivity index is 1.73. The minimum atomic E-state index is 0.169. The summed E-state index contributed by atoms with van der Waals surface area (Å²) >= 11 is 0. The van der Waals surface area contributed by atoms with Crippen molar-refractivity contribution in [2.24, 2.45) is 5.92 Å². The molecule has 1 fully saturated rings. The fourth-order valence-electron chi connectivity index (χ4n) is 3.17. The van der Waals surface area contributed by atoms with E-state index in [4.69, 9.17) is 0 Å². The largest absolute Gasteiger partial charge is 0.331 e. The Bertz CT molecular complexity index is 626. The van der Waals surface area contributed by atoms with Gasteiger partial charge in [0, 0.05) is 18.2 Å². The zero-order valence-corrected chi connectivity index (χ0v) is 12.6. The van der Waals surface area contributed by atoms with Gasteiger partial charge in [0.05, 0.1) is 17.4 Å². The molecule has 0 saturated heterocycles. The van der Waals surface area contributed by atoms with Gasteiger partial charge in [-0.3, -0.25) is 4.79 Å². The van der Waals surface area contributed by atoms with Gasteiger partial charge in [-0.2, -0.15) is 0 Å². The molecule has 4 heteroatoms. The van der Waals surface area contributed by atoms with Crippen LogP contribution in [0.25, 0.3) is 11.0 Å². The minimum absolute atomic E-state index is 0.169. The maximum atomic E-state index is 12.3. The molecule has 3 rings (SSSR count). The summed E-state index contributed by atoms with van der Waals surface area (Å²) in [6.07, 6.45) is 8.65. The van der Waals surface area contributed by atoms with Crippen LogP contribution in [0.2, 0.25) is 0 Å². The number of fused-ring (bicyclic) bond motifs is 1. The molecule has 1 aliphatic rings. The highest BCUT2D eigenvalue weighted by molar-refractivity contribution is 5.94. The average molecular weight is 285 g/mol. The first kappa shape index (κ1) is 14.1. The zero-order chi connectivity index (χ0) is 14.7. The van der Waals surface area contributed by atoms with Crippen molar-refractivity contribution in [3.63, 3.8) is 0 Å². The lowest BCUT2D eigenvalue weighted by Crippen LogP contribution is -2.24. The number of imidazole rings is 1. The van der Waals surface area contributed by atoms with Gasteiger partial charge in [0.15, 0.2) is 0 Å². The van der Waals surface area contributed by atoms with Crippen molar-refractivity contribution in [1.29, 1.82) is 0 Å². The fourth-order valence-corrected chi connectivity index (χ4v) is 3.17. The lowest BCUT2D eigenvalue weighted by molar-refractivity contribution is -0.120. The Morgan fingerprint density at radius 1 is 1.33 bits per heavy atom. The van der Waals surface area contributed by atoms with E-state index in [1.807, 2.05) is 18.5 Å². The SMILES string of the molecule is CCCn1cnc2cc(NC(=O)C3CCCCC3)ccc21. The number of carbonyl (C=O) groups excluding carboxylic acids is 1. The number of aryl methyl sites for hydroxylation is 1. The van der Waals surface area contributed by atoms with Crippen LogP contribution in [0.3, 0.4) is 0 Å². The molecule has 1 heterocycles. The van der Waals surface area contributed by atoms with Crippen LogP contribution in [0.4, 0.5) is 5.69 Å². The van der Waals surface area contributed by atoms with E-state index >= 15 is 0 Å². The van der Waals surface area contributed by atoms with Crippen LogP contribution in [0.1, 0.15) is 45.4 Å². The maximum Gasteiger partial charge on any atom is 0.227 e. The molecular formula is C17H23N3O. The highest BCUT2D eigenvalue weighted by Gasteiger charge is 2.21. The molecule has 2 aromatic rings. The van der Waals surface area contributed by atoms with Gasteiger partial charge >= 0.3 is 0 Å². The number of hydrogen-bond donors (Lipinski definition) is 1. The third-order valence-electron chi connectivity index (χ3n) is 4.33. The Hall–Kier alpha value is -1.84. The van der Waals surface area contributed by atoms with Crippen molar-refractivity contribution in [1.82, 2.24) is 9.55 Å². The summed E-state index contributed by atoms with van der Waals surface area (Å²) in [5.41, 5.74) is 2.94. The molecular weight excluding hydrogens is 262 g/mol. The second-order valence-electron chi connectivity index (χ2n) is 5.97. The predicted octanol–water partition coefficient (Wildman–Crippen LogP) is 3.97. The monoisotopic (exact) mass is 285 g/mol. The van der Waals surface area contributed by atoms with E-state index in [0.717, 1.165) is 42.5 Å². The molecule has 0 bridgehead atoms. The second-order valence-corrected chi connectivity index (χ2v) is 5.97. The van der Waals surface area contributed by atoms with Gasteiger partial charge in [-0.1, -0.05) is 26.2 Å². The van der Waals surface area contributed by atoms with Gasteiger partial charge in [0.25, 0.3) is 0 Å². The summed E-state index contributed by atoms with van der Waals surface area (Å²) in [6.45, 7) is 3.13. The van der Waals surface area contributed by atoms with Crippen LogP contribution in [0.5, 0.6) is 0 Å². The van der Waals surface area contributed by atoms with E-state index < -0.39 is 0 Å². The number of nitrogens with one attached hydrogen (secondary N) is 1. The van der Waals surface area contributed by atoms with Crippen molar-refractivity contribution in [3.05, 3.63) is 24.5 Å². The topological polar surface area (TPSA) is 46.9 Å². The van der Waals surface area contributed by atoms with E-state index in [-0.39, 0.29) is 11.8 Å². The Labute approximate surface area is 125 Å². The first-order valence-corrected chi connectivity index (χ1v) is 8.03. The lowest BCUT2D eigenvalue weighted by atomic mass is 9.88. The van der Waals surface area contributed by atoms with E-state index in [9.17, 15) is 4.79 Å². The number of hydrogen-bond acceptors (Lipinski definition) is 2. The Morgan fingerprint density at radius 2 is 2.14 bits per heavy atom. The summed E-state index contributed by atoms with van der Waals surface area (Å²) in [5.74, 6) is 0.356. The summed E-state index contributed by atoms with van der Waals surface area (Å²) in [7, 11) is 0. The smallest absolute Gasteiger partial charge is 0.227 e. The van der Waals surface area contributed by atoms with Crippen molar-refractivity contribution in [2.45, 2.75) is 52.0 Å². The quantitative estimate of drug-likeness (QED) is 0.924. The van der Waals surface area contributed by atoms with E-state index in [1.165, 1.54) is 19.3 Å². The molecule has 0 atom stereocenters. The third-order valence-corrected chi connectivity index (χ3v) is 4.33. The predicted molar refractivity (Wildman–Crippen MR) is 85.2 cm³/mol. The van der Waals surface area contributed by atoms with Crippen LogP contribution in [-0.2, 0) is 11.3 Å². The van der Waals surface area contributed by atoms with Crippen molar-refractivity contribution < 1.29 is 4.79 Å². The summed E-state index contributed by atoms with van der Waals surface area (Å²) in [6, 6.07) is 6.01. The van der Waals surface area contributed by atoms with E-state index in [1.54, 1.807) is 0 Å². The summed E-state index contributed by atoms with van der Waals surface area (Å²) in [4.78, 5) is 16.7. The summed E-state index contributed by atoms with van der Waals surface area (Å²) < 4.78 is 2.15. The molecule has 0 aliphatic heterocycles. The number of anilines is 1. The normalized spacial score (nSPS) is 16.2. The van der Waals surface area contributed by atoms with Gasteiger partial charge in [0.2, 0.25) is 5.91 Å². The number of nitrogens with zero attached hydrogens (tertiary/aromatic N) is 2. The van der Waals surface area contributed by atoms with Crippen LogP contribution in [0.15, 0.2) is 24.5 Å². The van der Waals surface area contributed by atoms with Gasteiger partial charge < -0.3 is 9.88 Å². The molecule has 1 aromatic heterocycles. The van der Waals surface area contributed by atoms with Crippen molar-refractivity contribution in [3.8, 4) is 0 Å². The highest BCUT2D eigenvalue weighted by atomic mass is 16.1. The second kappa shape index (κ2) is 6.29. The van der Waals surface area contributed by atoms with Crippen molar-refractivity contribution >= 4 is 22.6 Å². The first-order chi connectivity index (χ1) is 10.3. The molecule has 4 nitrogen and oxygen atoms in total. The average Bonchev–Trinajstić information content (AvgIpc) is 2.91. The highest BCUT2D eigenvalue weighted by Crippen LogP contribution is 2.25. The standard InChI is InChI=1S/C17H23N3O/c1-2-10-20-12-18-15-11-14(8-9-16(15)20)19-17(21)13-6-4-3-5-7-13/h8-9,11-13H,2-7,10H2,1H3,(H,19,21). The molecule has 1 amide bonds. The molecule has 0 spiro atoms. The number of amides is 1. The Kier molecular flexibility index (Phi) is 4.23. The van der Waals surface area contributed by atoms with Crippen LogP contribution in [-0.4, -0.2) is 15.5 Å².